The van der Waals surface area contributed by atoms with E-state index in [1.54, 1.807) is 0 Å². The Morgan fingerprint density at radius 3 is 1.65 bits per heavy atom. The molecule has 122 valence electrons. The minimum absolute atomic E-state index is 0.0956. The molecule has 0 saturated heterocycles. The second-order valence-electron chi connectivity index (χ2n) is 6.88. The number of carbonyl (C=O) groups excluding carboxylic acids is 1. The fraction of sp³-hybridized carbons (Fsp3) is 0.350. The third-order valence-corrected chi connectivity index (χ3v) is 6.34. The van der Waals surface area contributed by atoms with Gasteiger partial charge in [-0.1, -0.05) is 49.1 Å². The summed E-state index contributed by atoms with van der Waals surface area (Å²) < 4.78 is 0. The first kappa shape index (κ1) is 17.5. The van der Waals surface area contributed by atoms with Crippen molar-refractivity contribution in [2.24, 2.45) is 0 Å². The molecule has 0 saturated carbocycles. The molecule has 0 radical (unpaired) electrons. The van der Waals surface area contributed by atoms with E-state index in [4.69, 9.17) is 0 Å². The molecule has 23 heavy (non-hydrogen) atoms. The Morgan fingerprint density at radius 1 is 0.826 bits per heavy atom. The van der Waals surface area contributed by atoms with Gasteiger partial charge in [-0.2, -0.15) is 0 Å². The van der Waals surface area contributed by atoms with Crippen LogP contribution in [0.5, 0.6) is 0 Å². The van der Waals surface area contributed by atoms with E-state index in [1.807, 2.05) is 36.4 Å². The minimum Gasteiger partial charge on any atom is -0.372 e. The number of anilines is 1. The zero-order valence-corrected chi connectivity index (χ0v) is 15.9. The molecule has 2 aromatic carbocycles. The van der Waals surface area contributed by atoms with E-state index >= 15 is 0 Å². The highest BCUT2D eigenvalue weighted by atomic mass is 28.3. The van der Waals surface area contributed by atoms with Crippen LogP contribution in [-0.4, -0.2) is 26.9 Å². The number of hydrogen-bond acceptors (Lipinski definition) is 2. The van der Waals surface area contributed by atoms with E-state index in [0.29, 0.717) is 0 Å². The van der Waals surface area contributed by atoms with Gasteiger partial charge in [0, 0.05) is 29.9 Å². The summed E-state index contributed by atoms with van der Waals surface area (Å²) in [7, 11) is -1.32. The molecule has 0 heterocycles. The van der Waals surface area contributed by atoms with Crippen molar-refractivity contribution in [1.29, 1.82) is 0 Å². The van der Waals surface area contributed by atoms with Gasteiger partial charge in [0.2, 0.25) is 0 Å². The van der Waals surface area contributed by atoms with Crippen molar-refractivity contribution in [3.63, 3.8) is 0 Å². The number of nitrogens with zero attached hydrogens (tertiary/aromatic N) is 1. The maximum absolute atomic E-state index is 12.6. The van der Waals surface area contributed by atoms with E-state index in [9.17, 15) is 4.79 Å². The highest BCUT2D eigenvalue weighted by molar-refractivity contribution is 6.88. The SMILES string of the molecule is CCN(CC)c1ccc(C(=O)c2ccc([Si](C)(C)C)cc2)cc1. The van der Waals surface area contributed by atoms with Crippen molar-refractivity contribution >= 4 is 24.7 Å². The van der Waals surface area contributed by atoms with Crippen LogP contribution < -0.4 is 10.1 Å². The summed E-state index contributed by atoms with van der Waals surface area (Å²) in [5, 5.41) is 1.38. The molecule has 0 spiro atoms. The Bertz CT molecular complexity index is 650. The van der Waals surface area contributed by atoms with Crippen LogP contribution in [0.4, 0.5) is 5.69 Å². The van der Waals surface area contributed by atoms with Crippen LogP contribution in [0.15, 0.2) is 48.5 Å². The monoisotopic (exact) mass is 325 g/mol. The maximum atomic E-state index is 12.6. The molecule has 2 rings (SSSR count). The van der Waals surface area contributed by atoms with E-state index in [1.165, 1.54) is 10.9 Å². The summed E-state index contributed by atoms with van der Waals surface area (Å²) in [5.41, 5.74) is 2.69. The predicted octanol–water partition coefficient (Wildman–Crippen LogP) is 4.31. The van der Waals surface area contributed by atoms with Gasteiger partial charge in [-0.15, -0.1) is 0 Å². The molecular formula is C20H27NOSi. The Hall–Kier alpha value is -1.87. The summed E-state index contributed by atoms with van der Waals surface area (Å²) in [5.74, 6) is 0.0956. The van der Waals surface area contributed by atoms with Gasteiger partial charge in [0.15, 0.2) is 5.78 Å². The lowest BCUT2D eigenvalue weighted by atomic mass is 10.0. The molecule has 2 aromatic rings. The zero-order chi connectivity index (χ0) is 17.0. The molecule has 0 N–H and O–H groups in total. The lowest BCUT2D eigenvalue weighted by Crippen LogP contribution is -2.37. The van der Waals surface area contributed by atoms with Crippen molar-refractivity contribution in [2.75, 3.05) is 18.0 Å². The molecule has 0 fully saturated rings. The van der Waals surface area contributed by atoms with Crippen LogP contribution in [0.1, 0.15) is 29.8 Å². The maximum Gasteiger partial charge on any atom is 0.193 e. The van der Waals surface area contributed by atoms with E-state index in [0.717, 1.165) is 24.2 Å². The normalized spacial score (nSPS) is 11.3. The Morgan fingerprint density at radius 2 is 1.26 bits per heavy atom. The van der Waals surface area contributed by atoms with Gasteiger partial charge in [-0.25, -0.2) is 0 Å². The Kier molecular flexibility index (Phi) is 5.42. The second kappa shape index (κ2) is 7.13. The number of carbonyl (C=O) groups is 1. The smallest absolute Gasteiger partial charge is 0.193 e. The molecule has 3 heteroatoms. The van der Waals surface area contributed by atoms with Gasteiger partial charge in [0.1, 0.15) is 0 Å². The van der Waals surface area contributed by atoms with Crippen molar-refractivity contribution < 1.29 is 4.79 Å². The van der Waals surface area contributed by atoms with E-state index in [-0.39, 0.29) is 5.78 Å². The number of rotatable bonds is 6. The fourth-order valence-electron chi connectivity index (χ4n) is 2.70. The lowest BCUT2D eigenvalue weighted by Gasteiger charge is -2.21. The van der Waals surface area contributed by atoms with Crippen molar-refractivity contribution in [2.45, 2.75) is 33.5 Å². The molecule has 0 aliphatic heterocycles. The molecule has 0 aromatic heterocycles. The van der Waals surface area contributed by atoms with Crippen molar-refractivity contribution in [3.8, 4) is 0 Å². The Labute approximate surface area is 141 Å². The van der Waals surface area contributed by atoms with Crippen molar-refractivity contribution in [3.05, 3.63) is 59.7 Å². The number of ketones is 1. The lowest BCUT2D eigenvalue weighted by molar-refractivity contribution is 0.103. The second-order valence-corrected chi connectivity index (χ2v) is 12.0. The number of benzene rings is 2. The van der Waals surface area contributed by atoms with Gasteiger partial charge in [0.25, 0.3) is 0 Å². The van der Waals surface area contributed by atoms with Gasteiger partial charge in [-0.3, -0.25) is 4.79 Å². The third kappa shape index (κ3) is 4.11. The summed E-state index contributed by atoms with van der Waals surface area (Å²) in [6.07, 6.45) is 0. The number of hydrogen-bond donors (Lipinski definition) is 0. The third-order valence-electron chi connectivity index (χ3n) is 4.27. The summed E-state index contributed by atoms with van der Waals surface area (Å²) >= 11 is 0. The molecule has 0 unspecified atom stereocenters. The summed E-state index contributed by atoms with van der Waals surface area (Å²) in [6, 6.07) is 16.1. The standard InChI is InChI=1S/C20H27NOSi/c1-6-21(7-2)18-12-8-16(9-13-18)20(22)17-10-14-19(15-11-17)23(3,4)5/h8-15H,6-7H2,1-5H3. The fourth-order valence-corrected chi connectivity index (χ4v) is 3.87. The first-order valence-electron chi connectivity index (χ1n) is 8.37. The highest BCUT2D eigenvalue weighted by Crippen LogP contribution is 2.17. The predicted molar refractivity (Wildman–Crippen MR) is 103 cm³/mol. The van der Waals surface area contributed by atoms with Crippen LogP contribution in [0.25, 0.3) is 0 Å². The first-order valence-corrected chi connectivity index (χ1v) is 11.9. The molecule has 0 atom stereocenters. The van der Waals surface area contributed by atoms with Gasteiger partial charge in [0.05, 0.1) is 8.07 Å². The van der Waals surface area contributed by atoms with Crippen LogP contribution in [0.3, 0.4) is 0 Å². The Balaban J connectivity index is 2.20. The topological polar surface area (TPSA) is 20.3 Å². The quantitative estimate of drug-likeness (QED) is 0.583. The molecule has 2 nitrogen and oxygen atoms in total. The van der Waals surface area contributed by atoms with Crippen LogP contribution in [-0.2, 0) is 0 Å². The average molecular weight is 326 g/mol. The highest BCUT2D eigenvalue weighted by Gasteiger charge is 2.17. The molecule has 0 amide bonds. The molecule has 0 bridgehead atoms. The van der Waals surface area contributed by atoms with E-state index in [2.05, 4.69) is 50.5 Å². The van der Waals surface area contributed by atoms with E-state index < -0.39 is 8.07 Å². The summed E-state index contributed by atoms with van der Waals surface area (Å²) in [4.78, 5) is 14.9. The molecular weight excluding hydrogens is 298 g/mol. The zero-order valence-electron chi connectivity index (χ0n) is 14.9. The molecule has 0 aliphatic rings. The van der Waals surface area contributed by atoms with Gasteiger partial charge < -0.3 is 4.90 Å². The van der Waals surface area contributed by atoms with Crippen LogP contribution in [0, 0.1) is 0 Å². The van der Waals surface area contributed by atoms with Crippen molar-refractivity contribution in [1.82, 2.24) is 0 Å². The van der Waals surface area contributed by atoms with Crippen LogP contribution in [0.2, 0.25) is 19.6 Å². The average Bonchev–Trinajstić information content (AvgIpc) is 2.55. The molecule has 0 aliphatic carbocycles. The summed E-state index contributed by atoms with van der Waals surface area (Å²) in [6.45, 7) is 13.2. The van der Waals surface area contributed by atoms with Gasteiger partial charge in [-0.05, 0) is 38.1 Å². The minimum atomic E-state index is -1.32. The van der Waals surface area contributed by atoms with Crippen LogP contribution >= 0.6 is 0 Å². The first-order chi connectivity index (χ1) is 10.9. The largest absolute Gasteiger partial charge is 0.372 e. The van der Waals surface area contributed by atoms with Gasteiger partial charge >= 0.3 is 0 Å².